The van der Waals surface area contributed by atoms with Crippen molar-refractivity contribution >= 4 is 46.2 Å². The van der Waals surface area contributed by atoms with Crippen LogP contribution in [0, 0.1) is 3.95 Å². The van der Waals surface area contributed by atoms with E-state index in [1.54, 1.807) is 11.3 Å². The van der Waals surface area contributed by atoms with Crippen molar-refractivity contribution in [1.29, 1.82) is 0 Å². The van der Waals surface area contributed by atoms with Crippen molar-refractivity contribution in [2.45, 2.75) is 0 Å². The van der Waals surface area contributed by atoms with Crippen LogP contribution in [-0.2, 0) is 0 Å². The Balaban J connectivity index is 0.000000605. The Morgan fingerprint density at radius 1 is 1.27 bits per heavy atom. The molecule has 0 atom stereocenters. The van der Waals surface area contributed by atoms with Crippen molar-refractivity contribution in [3.63, 3.8) is 0 Å². The van der Waals surface area contributed by atoms with E-state index in [-0.39, 0.29) is 12.4 Å². The Labute approximate surface area is 79.5 Å². The van der Waals surface area contributed by atoms with E-state index in [0.29, 0.717) is 0 Å². The molecule has 1 heterocycles. The van der Waals surface area contributed by atoms with Gasteiger partial charge in [0.1, 0.15) is 0 Å². The lowest BCUT2D eigenvalue weighted by Crippen LogP contribution is -1.62. The van der Waals surface area contributed by atoms with Crippen LogP contribution in [0.1, 0.15) is 0 Å². The van der Waals surface area contributed by atoms with Gasteiger partial charge in [-0.2, -0.15) is 0 Å². The van der Waals surface area contributed by atoms with E-state index in [2.05, 4.69) is 11.1 Å². The first-order valence-corrected chi connectivity index (χ1v) is 4.16. The maximum atomic E-state index is 4.98. The maximum Gasteiger partial charge on any atom is 0.159 e. The third-order valence-electron chi connectivity index (χ3n) is 1.33. The molecule has 11 heavy (non-hydrogen) atoms. The molecule has 0 aliphatic carbocycles. The average Bonchev–Trinajstić information content (AvgIpc) is 2.27. The molecule has 58 valence electrons. The standard InChI is InChI=1S/C7H5NS2.ClH/c9-7-8-5-3-1-2-4-6(5)10-7;/h1-4H,(H,8,9);1H. The van der Waals surface area contributed by atoms with Gasteiger partial charge in [0.2, 0.25) is 0 Å². The number of aromatic nitrogens is 1. The van der Waals surface area contributed by atoms with Crippen LogP contribution in [0.15, 0.2) is 24.3 Å². The first-order chi connectivity index (χ1) is 4.86. The third-order valence-corrected chi connectivity index (χ3v) is 2.54. The van der Waals surface area contributed by atoms with Gasteiger partial charge < -0.3 is 4.98 Å². The van der Waals surface area contributed by atoms with Crippen molar-refractivity contribution in [3.8, 4) is 0 Å². The number of hydrogen-bond donors (Lipinski definition) is 1. The van der Waals surface area contributed by atoms with Gasteiger partial charge in [-0.25, -0.2) is 0 Å². The van der Waals surface area contributed by atoms with Crippen molar-refractivity contribution in [2.75, 3.05) is 0 Å². The Morgan fingerprint density at radius 2 is 2.00 bits per heavy atom. The number of benzene rings is 1. The van der Waals surface area contributed by atoms with Gasteiger partial charge in [0.15, 0.2) is 3.95 Å². The monoisotopic (exact) mass is 203 g/mol. The number of fused-ring (bicyclic) bond motifs is 1. The molecule has 0 saturated heterocycles. The number of halogens is 1. The molecule has 0 bridgehead atoms. The predicted octanol–water partition coefficient (Wildman–Crippen LogP) is 3.38. The Bertz CT molecular complexity index is 368. The fourth-order valence-corrected chi connectivity index (χ4v) is 2.01. The fraction of sp³-hybridized carbons (Fsp3) is 0. The summed E-state index contributed by atoms with van der Waals surface area (Å²) in [7, 11) is 0. The number of H-pyrrole nitrogens is 1. The molecule has 0 aliphatic rings. The van der Waals surface area contributed by atoms with Crippen LogP contribution in [0.2, 0.25) is 0 Å². The van der Waals surface area contributed by atoms with E-state index >= 15 is 0 Å². The SMILES string of the molecule is Cl.S=c1[nH]c2ccccc2s1. The van der Waals surface area contributed by atoms with E-state index in [1.165, 1.54) is 4.70 Å². The molecule has 4 heteroatoms. The summed E-state index contributed by atoms with van der Waals surface area (Å²) in [5, 5.41) is 0. The highest BCUT2D eigenvalue weighted by Gasteiger charge is 1.91. The molecule has 2 rings (SSSR count). The van der Waals surface area contributed by atoms with Gasteiger partial charge in [-0.1, -0.05) is 12.1 Å². The van der Waals surface area contributed by atoms with Gasteiger partial charge >= 0.3 is 0 Å². The number of para-hydroxylation sites is 1. The van der Waals surface area contributed by atoms with Crippen LogP contribution in [-0.4, -0.2) is 4.98 Å². The van der Waals surface area contributed by atoms with Gasteiger partial charge in [0, 0.05) is 0 Å². The van der Waals surface area contributed by atoms with Crippen LogP contribution < -0.4 is 0 Å². The normalized spacial score (nSPS) is 9.45. The van der Waals surface area contributed by atoms with Crippen LogP contribution in [0.4, 0.5) is 0 Å². The lowest BCUT2D eigenvalue weighted by Gasteiger charge is -1.81. The Morgan fingerprint density at radius 3 is 2.73 bits per heavy atom. The molecule has 0 saturated carbocycles. The highest BCUT2D eigenvalue weighted by Crippen LogP contribution is 2.17. The van der Waals surface area contributed by atoms with E-state index in [0.717, 1.165) is 9.47 Å². The zero-order valence-corrected chi connectivity index (χ0v) is 7.98. The first kappa shape index (κ1) is 8.71. The summed E-state index contributed by atoms with van der Waals surface area (Å²) in [6.45, 7) is 0. The minimum Gasteiger partial charge on any atom is -0.337 e. The van der Waals surface area contributed by atoms with Crippen molar-refractivity contribution in [2.24, 2.45) is 0 Å². The highest BCUT2D eigenvalue weighted by molar-refractivity contribution is 7.73. The average molecular weight is 204 g/mol. The summed E-state index contributed by atoms with van der Waals surface area (Å²) < 4.78 is 2.08. The third kappa shape index (κ3) is 1.61. The largest absolute Gasteiger partial charge is 0.337 e. The molecule has 1 aromatic heterocycles. The number of hydrogen-bond acceptors (Lipinski definition) is 2. The van der Waals surface area contributed by atoms with Gasteiger partial charge in [-0.3, -0.25) is 0 Å². The van der Waals surface area contributed by atoms with Gasteiger partial charge in [-0.05, 0) is 24.4 Å². The lowest BCUT2D eigenvalue weighted by atomic mass is 10.3. The summed E-state index contributed by atoms with van der Waals surface area (Å²) >= 11 is 6.59. The molecular formula is C7H6ClNS2. The van der Waals surface area contributed by atoms with Crippen LogP contribution in [0.25, 0.3) is 10.2 Å². The second-order valence-electron chi connectivity index (χ2n) is 2.01. The molecule has 0 amide bonds. The van der Waals surface area contributed by atoms with E-state index < -0.39 is 0 Å². The minimum absolute atomic E-state index is 0. The summed E-state index contributed by atoms with van der Waals surface area (Å²) in [5.41, 5.74) is 1.14. The quantitative estimate of drug-likeness (QED) is 0.650. The molecule has 1 nitrogen and oxygen atoms in total. The molecule has 0 radical (unpaired) electrons. The number of thiazole rings is 1. The molecule has 0 aliphatic heterocycles. The van der Waals surface area contributed by atoms with Crippen molar-refractivity contribution in [3.05, 3.63) is 28.2 Å². The van der Waals surface area contributed by atoms with Crippen molar-refractivity contribution < 1.29 is 0 Å². The second kappa shape index (κ2) is 3.34. The zero-order chi connectivity index (χ0) is 6.97. The van der Waals surface area contributed by atoms with E-state index in [9.17, 15) is 0 Å². The molecule has 1 N–H and O–H groups in total. The number of rotatable bonds is 0. The second-order valence-corrected chi connectivity index (χ2v) is 3.73. The minimum atomic E-state index is 0. The summed E-state index contributed by atoms with van der Waals surface area (Å²) in [5.74, 6) is 0. The van der Waals surface area contributed by atoms with Crippen molar-refractivity contribution in [1.82, 2.24) is 4.98 Å². The van der Waals surface area contributed by atoms with Gasteiger partial charge in [-0.15, -0.1) is 23.7 Å². The summed E-state index contributed by atoms with van der Waals surface area (Å²) in [4.78, 5) is 3.09. The first-order valence-electron chi connectivity index (χ1n) is 2.94. The molecule has 0 spiro atoms. The van der Waals surface area contributed by atoms with Crippen LogP contribution in [0.3, 0.4) is 0 Å². The smallest absolute Gasteiger partial charge is 0.159 e. The Kier molecular flexibility index (Phi) is 2.65. The van der Waals surface area contributed by atoms with Gasteiger partial charge in [0.05, 0.1) is 10.2 Å². The highest BCUT2D eigenvalue weighted by atomic mass is 35.5. The van der Waals surface area contributed by atoms with E-state index in [1.807, 2.05) is 18.2 Å². The molecule has 0 fully saturated rings. The van der Waals surface area contributed by atoms with Gasteiger partial charge in [0.25, 0.3) is 0 Å². The number of nitrogens with one attached hydrogen (secondary N) is 1. The summed E-state index contributed by atoms with van der Waals surface area (Å²) in [6.07, 6.45) is 0. The molecule has 1 aromatic carbocycles. The lowest BCUT2D eigenvalue weighted by molar-refractivity contribution is 1.47. The van der Waals surface area contributed by atoms with E-state index in [4.69, 9.17) is 12.2 Å². The Hall–Kier alpha value is -0.380. The van der Waals surface area contributed by atoms with Crippen LogP contribution >= 0.6 is 36.0 Å². The molecule has 0 unspecified atom stereocenters. The molecular weight excluding hydrogens is 198 g/mol. The zero-order valence-electron chi connectivity index (χ0n) is 5.53. The van der Waals surface area contributed by atoms with Crippen LogP contribution in [0.5, 0.6) is 0 Å². The molecule has 2 aromatic rings. The fourth-order valence-electron chi connectivity index (χ4n) is 0.894. The summed E-state index contributed by atoms with van der Waals surface area (Å²) in [6, 6.07) is 8.11. The maximum absolute atomic E-state index is 4.98. The topological polar surface area (TPSA) is 15.8 Å². The number of aromatic amines is 1. The predicted molar refractivity (Wildman–Crippen MR) is 54.3 cm³/mol.